The van der Waals surface area contributed by atoms with E-state index in [1.54, 1.807) is 7.11 Å². The van der Waals surface area contributed by atoms with Crippen LogP contribution in [0.2, 0.25) is 0 Å². The summed E-state index contributed by atoms with van der Waals surface area (Å²) in [7, 11) is 1.67. The van der Waals surface area contributed by atoms with Crippen molar-refractivity contribution in [3.8, 4) is 5.75 Å². The van der Waals surface area contributed by atoms with Crippen LogP contribution in [0.15, 0.2) is 24.3 Å². The number of anilines is 1. The fourth-order valence-corrected chi connectivity index (χ4v) is 2.52. The van der Waals surface area contributed by atoms with Crippen molar-refractivity contribution >= 4 is 28.4 Å². The predicted octanol–water partition coefficient (Wildman–Crippen LogP) is 2.83. The van der Waals surface area contributed by atoms with E-state index in [2.05, 4.69) is 39.5 Å². The summed E-state index contributed by atoms with van der Waals surface area (Å²) in [4.78, 5) is 8.92. The molecule has 2 aromatic rings. The minimum Gasteiger partial charge on any atom is -0.496 e. The second-order valence-corrected chi connectivity index (χ2v) is 5.21. The molecular formula is C14H16IN3O. The Morgan fingerprint density at radius 3 is 2.68 bits per heavy atom. The number of benzene rings is 1. The van der Waals surface area contributed by atoms with Gasteiger partial charge >= 0.3 is 0 Å². The van der Waals surface area contributed by atoms with Crippen molar-refractivity contribution in [3.05, 3.63) is 44.9 Å². The van der Waals surface area contributed by atoms with E-state index in [9.17, 15) is 0 Å². The van der Waals surface area contributed by atoms with E-state index in [0.29, 0.717) is 12.2 Å². The molecular weight excluding hydrogens is 353 g/mol. The fraction of sp³-hybridized carbons (Fsp3) is 0.286. The third-order valence-corrected chi connectivity index (χ3v) is 4.04. The number of rotatable bonds is 4. The molecule has 4 nitrogen and oxygen atoms in total. The number of ether oxygens (including phenoxy) is 1. The molecule has 0 unspecified atom stereocenters. The van der Waals surface area contributed by atoms with E-state index in [0.717, 1.165) is 32.8 Å². The zero-order valence-corrected chi connectivity index (χ0v) is 13.1. The Morgan fingerprint density at radius 1 is 1.26 bits per heavy atom. The Bertz CT molecular complexity index is 587. The molecule has 0 aliphatic heterocycles. The van der Waals surface area contributed by atoms with Gasteiger partial charge in [-0.2, -0.15) is 0 Å². The number of halogens is 1. The van der Waals surface area contributed by atoms with Crippen LogP contribution in [-0.4, -0.2) is 17.1 Å². The molecule has 2 rings (SSSR count). The Kier molecular flexibility index (Phi) is 4.57. The van der Waals surface area contributed by atoms with E-state index < -0.39 is 0 Å². The highest BCUT2D eigenvalue weighted by Crippen LogP contribution is 2.22. The highest BCUT2D eigenvalue weighted by atomic mass is 127. The van der Waals surface area contributed by atoms with Crippen LogP contribution in [0.1, 0.15) is 24.0 Å². The maximum Gasteiger partial charge on any atom is 0.140 e. The summed E-state index contributed by atoms with van der Waals surface area (Å²) in [5.74, 6) is 2.14. The van der Waals surface area contributed by atoms with Crippen molar-refractivity contribution in [2.75, 3.05) is 12.8 Å². The average Bonchev–Trinajstić information content (AvgIpc) is 2.43. The number of hydrogen-bond acceptors (Lipinski definition) is 4. The molecule has 1 aromatic carbocycles. The molecule has 0 saturated heterocycles. The number of nitrogens with two attached hydrogens (primary N) is 1. The molecule has 0 atom stereocenters. The van der Waals surface area contributed by atoms with E-state index in [1.165, 1.54) is 0 Å². The summed E-state index contributed by atoms with van der Waals surface area (Å²) in [6, 6.07) is 7.88. The van der Waals surface area contributed by atoms with Crippen molar-refractivity contribution in [2.45, 2.75) is 19.8 Å². The molecule has 0 fully saturated rings. The van der Waals surface area contributed by atoms with Crippen molar-refractivity contribution < 1.29 is 4.74 Å². The van der Waals surface area contributed by atoms with Crippen LogP contribution >= 0.6 is 22.6 Å². The Balaban J connectivity index is 2.36. The molecule has 100 valence electrons. The number of nitrogen functional groups attached to an aromatic ring is 1. The lowest BCUT2D eigenvalue weighted by Crippen LogP contribution is -2.07. The molecule has 2 N–H and O–H groups in total. The van der Waals surface area contributed by atoms with E-state index in [-0.39, 0.29) is 0 Å². The SMILES string of the molecule is CCc1nc(Cc2ccccc2OC)nc(N)c1I. The molecule has 1 aromatic heterocycles. The van der Waals surface area contributed by atoms with Gasteiger partial charge in [-0.05, 0) is 35.1 Å². The van der Waals surface area contributed by atoms with E-state index >= 15 is 0 Å². The first-order valence-electron chi connectivity index (χ1n) is 6.08. The molecule has 1 heterocycles. The topological polar surface area (TPSA) is 61.0 Å². The summed E-state index contributed by atoms with van der Waals surface area (Å²) in [5, 5.41) is 0. The first-order valence-corrected chi connectivity index (χ1v) is 7.16. The van der Waals surface area contributed by atoms with Gasteiger partial charge in [0.2, 0.25) is 0 Å². The van der Waals surface area contributed by atoms with Gasteiger partial charge in [0.25, 0.3) is 0 Å². The molecule has 0 amide bonds. The Morgan fingerprint density at radius 2 is 2.00 bits per heavy atom. The lowest BCUT2D eigenvalue weighted by Gasteiger charge is -2.10. The highest BCUT2D eigenvalue weighted by Gasteiger charge is 2.11. The molecule has 0 saturated carbocycles. The summed E-state index contributed by atoms with van der Waals surface area (Å²) in [6.07, 6.45) is 1.47. The number of aryl methyl sites for hydroxylation is 1. The van der Waals surface area contributed by atoms with Crippen molar-refractivity contribution in [2.24, 2.45) is 0 Å². The van der Waals surface area contributed by atoms with Crippen molar-refractivity contribution in [1.29, 1.82) is 0 Å². The quantitative estimate of drug-likeness (QED) is 0.842. The third kappa shape index (κ3) is 3.15. The van der Waals surface area contributed by atoms with Gasteiger partial charge in [-0.3, -0.25) is 0 Å². The fourth-order valence-electron chi connectivity index (χ4n) is 1.90. The first kappa shape index (κ1) is 14.0. The summed E-state index contributed by atoms with van der Waals surface area (Å²) < 4.78 is 6.29. The Hall–Kier alpha value is -1.37. The number of aromatic nitrogens is 2. The van der Waals surface area contributed by atoms with Gasteiger partial charge in [0.05, 0.1) is 16.4 Å². The zero-order chi connectivity index (χ0) is 13.8. The number of para-hydroxylation sites is 1. The largest absolute Gasteiger partial charge is 0.496 e. The molecule has 0 aliphatic rings. The van der Waals surface area contributed by atoms with Crippen LogP contribution in [0.25, 0.3) is 0 Å². The standard InChI is InChI=1S/C14H16IN3O/c1-3-10-13(15)14(16)18-12(17-10)8-9-6-4-5-7-11(9)19-2/h4-7H,3,8H2,1-2H3,(H2,16,17,18). The third-order valence-electron chi connectivity index (χ3n) is 2.87. The predicted molar refractivity (Wildman–Crippen MR) is 84.3 cm³/mol. The highest BCUT2D eigenvalue weighted by molar-refractivity contribution is 14.1. The van der Waals surface area contributed by atoms with E-state index in [4.69, 9.17) is 10.5 Å². The van der Waals surface area contributed by atoms with E-state index in [1.807, 2.05) is 24.3 Å². The lowest BCUT2D eigenvalue weighted by molar-refractivity contribution is 0.410. The first-order chi connectivity index (χ1) is 9.15. The minimum atomic E-state index is 0.553. The number of nitrogens with zero attached hydrogens (tertiary/aromatic N) is 2. The molecule has 19 heavy (non-hydrogen) atoms. The smallest absolute Gasteiger partial charge is 0.140 e. The maximum atomic E-state index is 5.93. The van der Waals surface area contributed by atoms with Gasteiger partial charge in [0, 0.05) is 12.0 Å². The Labute approximate surface area is 126 Å². The summed E-state index contributed by atoms with van der Waals surface area (Å²) in [5.41, 5.74) is 7.99. The van der Waals surface area contributed by atoms with Gasteiger partial charge in [-0.15, -0.1) is 0 Å². The average molecular weight is 369 g/mol. The maximum absolute atomic E-state index is 5.93. The molecule has 5 heteroatoms. The molecule has 0 bridgehead atoms. The molecule has 0 spiro atoms. The zero-order valence-electron chi connectivity index (χ0n) is 11.0. The van der Waals surface area contributed by atoms with Crippen LogP contribution < -0.4 is 10.5 Å². The lowest BCUT2D eigenvalue weighted by atomic mass is 10.1. The summed E-state index contributed by atoms with van der Waals surface area (Å²) in [6.45, 7) is 2.07. The van der Waals surface area contributed by atoms with Crippen LogP contribution in [0.3, 0.4) is 0 Å². The van der Waals surface area contributed by atoms with Crippen molar-refractivity contribution in [1.82, 2.24) is 9.97 Å². The monoisotopic (exact) mass is 369 g/mol. The van der Waals surface area contributed by atoms with Crippen LogP contribution in [0.5, 0.6) is 5.75 Å². The van der Waals surface area contributed by atoms with Gasteiger partial charge in [0.1, 0.15) is 17.4 Å². The van der Waals surface area contributed by atoms with Crippen molar-refractivity contribution in [3.63, 3.8) is 0 Å². The second-order valence-electron chi connectivity index (χ2n) is 4.13. The van der Waals surface area contributed by atoms with Gasteiger partial charge in [-0.1, -0.05) is 25.1 Å². The van der Waals surface area contributed by atoms with Gasteiger partial charge in [0.15, 0.2) is 0 Å². The number of methoxy groups -OCH3 is 1. The van der Waals surface area contributed by atoms with Crippen LogP contribution in [-0.2, 0) is 12.8 Å². The minimum absolute atomic E-state index is 0.553. The van der Waals surface area contributed by atoms with Gasteiger partial charge < -0.3 is 10.5 Å². The second kappa shape index (κ2) is 6.18. The summed E-state index contributed by atoms with van der Waals surface area (Å²) >= 11 is 2.19. The molecule has 0 radical (unpaired) electrons. The molecule has 0 aliphatic carbocycles. The van der Waals surface area contributed by atoms with Crippen LogP contribution in [0.4, 0.5) is 5.82 Å². The number of hydrogen-bond donors (Lipinski definition) is 1. The van der Waals surface area contributed by atoms with Crippen LogP contribution in [0, 0.1) is 3.57 Å². The normalized spacial score (nSPS) is 10.5. The van der Waals surface area contributed by atoms with Gasteiger partial charge in [-0.25, -0.2) is 9.97 Å².